The molecule has 1 saturated carbocycles. The second kappa shape index (κ2) is 12.2. The number of likely N-dealkylation sites (tertiary alicyclic amines) is 2. The smallest absolute Gasteiger partial charge is 0.245 e. The maximum absolute atomic E-state index is 14.1. The Morgan fingerprint density at radius 2 is 1.76 bits per heavy atom. The molecule has 0 aromatic heterocycles. The number of hydrogen-bond donors (Lipinski definition) is 2. The minimum atomic E-state index is -0.387. The number of fused-ring (bicyclic) bond motifs is 1. The third-order valence-electron chi connectivity index (χ3n) is 8.53. The number of piperidine rings is 2. The largest absolute Gasteiger partial charge is 0.343 e. The van der Waals surface area contributed by atoms with Crippen molar-refractivity contribution in [1.29, 1.82) is 0 Å². The van der Waals surface area contributed by atoms with Crippen molar-refractivity contribution >= 4 is 11.8 Å². The summed E-state index contributed by atoms with van der Waals surface area (Å²) in [6, 6.07) is 10.3. The zero-order chi connectivity index (χ0) is 23.9. The Morgan fingerprint density at radius 1 is 1.00 bits per heavy atom. The van der Waals surface area contributed by atoms with E-state index in [4.69, 9.17) is 0 Å². The van der Waals surface area contributed by atoms with Crippen LogP contribution < -0.4 is 10.6 Å². The minimum Gasteiger partial charge on any atom is -0.343 e. The summed E-state index contributed by atoms with van der Waals surface area (Å²) in [6.45, 7) is 5.81. The molecule has 4 atom stereocenters. The lowest BCUT2D eigenvalue weighted by Crippen LogP contribution is -2.62. The van der Waals surface area contributed by atoms with Crippen LogP contribution in [0.4, 0.5) is 0 Å². The fourth-order valence-electron chi connectivity index (χ4n) is 6.27. The quantitative estimate of drug-likeness (QED) is 0.615. The topological polar surface area (TPSA) is 64.7 Å². The van der Waals surface area contributed by atoms with Gasteiger partial charge in [0, 0.05) is 25.7 Å². The molecule has 2 heterocycles. The number of hydrogen-bond acceptors (Lipinski definition) is 4. The second-order valence-corrected chi connectivity index (χ2v) is 10.7. The van der Waals surface area contributed by atoms with Crippen LogP contribution >= 0.6 is 0 Å². The van der Waals surface area contributed by atoms with Crippen molar-refractivity contribution in [2.45, 2.75) is 82.8 Å². The third-order valence-corrected chi connectivity index (χ3v) is 8.53. The fourth-order valence-corrected chi connectivity index (χ4v) is 6.27. The molecule has 1 unspecified atom stereocenters. The lowest BCUT2D eigenvalue weighted by Gasteiger charge is -2.49. The molecule has 6 heteroatoms. The number of carbonyl (C=O) groups is 2. The highest BCUT2D eigenvalue weighted by Crippen LogP contribution is 2.34. The van der Waals surface area contributed by atoms with Crippen molar-refractivity contribution < 1.29 is 9.59 Å². The zero-order valence-electron chi connectivity index (χ0n) is 21.2. The van der Waals surface area contributed by atoms with Crippen molar-refractivity contribution in [2.75, 3.05) is 33.2 Å². The first-order valence-electron chi connectivity index (χ1n) is 13.6. The average molecular weight is 469 g/mol. The number of rotatable bonds is 8. The molecule has 1 aromatic carbocycles. The van der Waals surface area contributed by atoms with Crippen LogP contribution in [-0.4, -0.2) is 73.0 Å². The Morgan fingerprint density at radius 3 is 2.50 bits per heavy atom. The Kier molecular flexibility index (Phi) is 9.01. The molecule has 0 bridgehead atoms. The number of amides is 2. The van der Waals surface area contributed by atoms with Gasteiger partial charge in [-0.2, -0.15) is 0 Å². The Bertz CT molecular complexity index is 795. The molecule has 1 aliphatic carbocycles. The highest BCUT2D eigenvalue weighted by Gasteiger charge is 2.42. The van der Waals surface area contributed by atoms with Gasteiger partial charge in [-0.25, -0.2) is 0 Å². The molecule has 4 rings (SSSR count). The summed E-state index contributed by atoms with van der Waals surface area (Å²) in [5.41, 5.74) is 1.37. The SMILES string of the molecule is CN[C@@H](C)C(=O)NC(C(=O)N1CCC[C@H]2CCN(CCc3ccccc3)C[C@H]21)C1CCCCC1. The van der Waals surface area contributed by atoms with Crippen molar-refractivity contribution in [3.8, 4) is 0 Å². The Hall–Kier alpha value is -1.92. The van der Waals surface area contributed by atoms with Crippen molar-refractivity contribution in [3.63, 3.8) is 0 Å². The summed E-state index contributed by atoms with van der Waals surface area (Å²) in [5.74, 6) is 0.952. The van der Waals surface area contributed by atoms with E-state index in [9.17, 15) is 9.59 Å². The Balaban J connectivity index is 1.45. The van der Waals surface area contributed by atoms with Crippen molar-refractivity contribution in [1.82, 2.24) is 20.4 Å². The molecule has 2 N–H and O–H groups in total. The number of benzene rings is 1. The average Bonchev–Trinajstić information content (AvgIpc) is 2.90. The van der Waals surface area contributed by atoms with E-state index >= 15 is 0 Å². The van der Waals surface area contributed by atoms with Crippen LogP contribution in [0.5, 0.6) is 0 Å². The van der Waals surface area contributed by atoms with Crippen LogP contribution in [-0.2, 0) is 16.0 Å². The zero-order valence-corrected chi connectivity index (χ0v) is 21.2. The van der Waals surface area contributed by atoms with Crippen LogP contribution in [0.1, 0.15) is 63.9 Å². The molecule has 3 aliphatic rings. The number of nitrogens with zero attached hydrogens (tertiary/aromatic N) is 2. The van der Waals surface area contributed by atoms with Crippen LogP contribution in [0.2, 0.25) is 0 Å². The second-order valence-electron chi connectivity index (χ2n) is 10.7. The third kappa shape index (κ3) is 6.19. The van der Waals surface area contributed by atoms with Gasteiger partial charge < -0.3 is 20.4 Å². The summed E-state index contributed by atoms with van der Waals surface area (Å²) in [5, 5.41) is 6.21. The van der Waals surface area contributed by atoms with Crippen molar-refractivity contribution in [3.05, 3.63) is 35.9 Å². The van der Waals surface area contributed by atoms with Gasteiger partial charge in [-0.05, 0) is 76.4 Å². The molecule has 2 saturated heterocycles. The van der Waals surface area contributed by atoms with Gasteiger partial charge in [-0.3, -0.25) is 9.59 Å². The monoisotopic (exact) mass is 468 g/mol. The van der Waals surface area contributed by atoms with Crippen molar-refractivity contribution in [2.24, 2.45) is 11.8 Å². The van der Waals surface area contributed by atoms with Gasteiger partial charge >= 0.3 is 0 Å². The van der Waals surface area contributed by atoms with Gasteiger partial charge in [-0.1, -0.05) is 49.6 Å². The Labute approximate surface area is 205 Å². The summed E-state index contributed by atoms with van der Waals surface area (Å²) in [6.07, 6.45) is 10.1. The van der Waals surface area contributed by atoms with Crippen LogP contribution in [0.25, 0.3) is 0 Å². The first-order valence-corrected chi connectivity index (χ1v) is 13.6. The summed E-state index contributed by atoms with van der Waals surface area (Å²) < 4.78 is 0. The van der Waals surface area contributed by atoms with E-state index in [0.717, 1.165) is 64.7 Å². The van der Waals surface area contributed by atoms with Crippen LogP contribution in [0.15, 0.2) is 30.3 Å². The summed E-state index contributed by atoms with van der Waals surface area (Å²) >= 11 is 0. The first kappa shape index (κ1) is 25.2. The van der Waals surface area contributed by atoms with Gasteiger partial charge in [0.05, 0.1) is 6.04 Å². The molecule has 34 heavy (non-hydrogen) atoms. The van der Waals surface area contributed by atoms with E-state index < -0.39 is 0 Å². The summed E-state index contributed by atoms with van der Waals surface area (Å²) in [4.78, 5) is 31.6. The highest BCUT2D eigenvalue weighted by molar-refractivity contribution is 5.90. The first-order chi connectivity index (χ1) is 16.6. The molecule has 6 nitrogen and oxygen atoms in total. The molecular formula is C28H44N4O2. The fraction of sp³-hybridized carbons (Fsp3) is 0.714. The normalized spacial score (nSPS) is 25.9. The predicted molar refractivity (Wildman–Crippen MR) is 136 cm³/mol. The highest BCUT2D eigenvalue weighted by atomic mass is 16.2. The van der Waals surface area contributed by atoms with E-state index in [1.807, 2.05) is 6.92 Å². The van der Waals surface area contributed by atoms with E-state index in [1.54, 1.807) is 7.05 Å². The molecule has 3 fully saturated rings. The van der Waals surface area contributed by atoms with Gasteiger partial charge in [-0.15, -0.1) is 0 Å². The lowest BCUT2D eigenvalue weighted by molar-refractivity contribution is -0.145. The van der Waals surface area contributed by atoms with Gasteiger partial charge in [0.2, 0.25) is 11.8 Å². The molecular weight excluding hydrogens is 424 g/mol. The molecule has 0 spiro atoms. The summed E-state index contributed by atoms with van der Waals surface area (Å²) in [7, 11) is 1.79. The van der Waals surface area contributed by atoms with E-state index in [2.05, 4.69) is 50.8 Å². The molecule has 2 aliphatic heterocycles. The molecule has 2 amide bonds. The maximum Gasteiger partial charge on any atom is 0.245 e. The van der Waals surface area contributed by atoms with E-state index in [-0.39, 0.29) is 35.9 Å². The van der Waals surface area contributed by atoms with Gasteiger partial charge in [0.25, 0.3) is 0 Å². The van der Waals surface area contributed by atoms with Gasteiger partial charge in [0.1, 0.15) is 6.04 Å². The predicted octanol–water partition coefficient (Wildman–Crippen LogP) is 3.22. The maximum atomic E-state index is 14.1. The van der Waals surface area contributed by atoms with Gasteiger partial charge in [0.15, 0.2) is 0 Å². The standard InChI is InChI=1S/C28H44N4O2/c1-21(29-2)27(33)30-26(24-12-7-4-8-13-24)28(34)32-17-9-14-23-16-19-31(20-25(23)32)18-15-22-10-5-3-6-11-22/h3,5-6,10-11,21,23-26,29H,4,7-9,12-20H2,1-2H3,(H,30,33)/t21-,23-,25+,26?/m0/s1. The number of likely N-dealkylation sites (N-methyl/N-ethyl adjacent to an activating group) is 1. The van der Waals surface area contributed by atoms with E-state index in [0.29, 0.717) is 5.92 Å². The molecule has 188 valence electrons. The van der Waals surface area contributed by atoms with Crippen LogP contribution in [0.3, 0.4) is 0 Å². The molecule has 0 radical (unpaired) electrons. The number of carbonyl (C=O) groups excluding carboxylic acids is 2. The molecule has 1 aromatic rings. The number of nitrogens with one attached hydrogen (secondary N) is 2. The minimum absolute atomic E-state index is 0.0619. The lowest BCUT2D eigenvalue weighted by atomic mass is 9.80. The van der Waals surface area contributed by atoms with E-state index in [1.165, 1.54) is 24.8 Å². The van der Waals surface area contributed by atoms with Crippen LogP contribution in [0, 0.1) is 11.8 Å².